The van der Waals surface area contributed by atoms with Crippen LogP contribution in [0.4, 0.5) is 0 Å². The number of benzene rings is 1. The number of thiazole rings is 1. The van der Waals surface area contributed by atoms with Crippen LogP contribution in [0, 0.1) is 6.92 Å². The largest absolute Gasteiger partial charge is 0.259 e. The Labute approximate surface area is 121 Å². The summed E-state index contributed by atoms with van der Waals surface area (Å²) in [5, 5.41) is 3.16. The highest BCUT2D eigenvalue weighted by molar-refractivity contribution is 7.83. The van der Waals surface area contributed by atoms with Crippen LogP contribution in [0.1, 0.15) is 41.6 Å². The summed E-state index contributed by atoms with van der Waals surface area (Å²) in [7, 11) is -0.884. The third-order valence-corrected chi connectivity index (χ3v) is 5.29. The standard InChI is InChI=1S/C15H19NOS2/c1-11(2)15-16-14(8-18-15)10-19(17)9-13-6-4-12(3)5-7-13/h4-8,11H,9-10H2,1-3H3. The fourth-order valence-electron chi connectivity index (χ4n) is 1.74. The molecular formula is C15H19NOS2. The fourth-order valence-corrected chi connectivity index (χ4v) is 3.82. The van der Waals surface area contributed by atoms with Gasteiger partial charge in [-0.25, -0.2) is 4.98 Å². The Morgan fingerprint density at radius 3 is 2.47 bits per heavy atom. The summed E-state index contributed by atoms with van der Waals surface area (Å²) in [6, 6.07) is 8.22. The van der Waals surface area contributed by atoms with Crippen LogP contribution in [-0.2, 0) is 22.3 Å². The van der Waals surface area contributed by atoms with Gasteiger partial charge in [0.1, 0.15) is 0 Å². The summed E-state index contributed by atoms with van der Waals surface area (Å²) >= 11 is 1.66. The van der Waals surface area contributed by atoms with Crippen molar-refractivity contribution in [2.24, 2.45) is 0 Å². The minimum absolute atomic E-state index is 0.448. The zero-order valence-corrected chi connectivity index (χ0v) is 13.2. The van der Waals surface area contributed by atoms with Crippen molar-refractivity contribution in [3.05, 3.63) is 51.5 Å². The van der Waals surface area contributed by atoms with Crippen LogP contribution in [0.15, 0.2) is 29.6 Å². The molecule has 1 aromatic carbocycles. The highest BCUT2D eigenvalue weighted by Crippen LogP contribution is 2.20. The molecule has 19 heavy (non-hydrogen) atoms. The molecule has 1 aromatic heterocycles. The van der Waals surface area contributed by atoms with Gasteiger partial charge in [0.15, 0.2) is 0 Å². The van der Waals surface area contributed by atoms with E-state index in [0.717, 1.165) is 16.3 Å². The van der Waals surface area contributed by atoms with Crippen molar-refractivity contribution in [3.63, 3.8) is 0 Å². The van der Waals surface area contributed by atoms with Gasteiger partial charge in [-0.1, -0.05) is 43.7 Å². The Hall–Kier alpha value is -1.00. The topological polar surface area (TPSA) is 30.0 Å². The Balaban J connectivity index is 1.95. The Bertz CT molecular complexity index is 558. The first-order valence-electron chi connectivity index (χ1n) is 6.39. The molecule has 2 rings (SSSR count). The highest BCUT2D eigenvalue weighted by atomic mass is 32.2. The summed E-state index contributed by atoms with van der Waals surface area (Å²) in [4.78, 5) is 4.53. The zero-order chi connectivity index (χ0) is 13.8. The maximum absolute atomic E-state index is 12.1. The van der Waals surface area contributed by atoms with Gasteiger partial charge in [0.25, 0.3) is 0 Å². The lowest BCUT2D eigenvalue weighted by Gasteiger charge is -2.02. The molecular weight excluding hydrogens is 274 g/mol. The van der Waals surface area contributed by atoms with Crippen LogP contribution in [0.5, 0.6) is 0 Å². The van der Waals surface area contributed by atoms with Crippen LogP contribution in [0.3, 0.4) is 0 Å². The van der Waals surface area contributed by atoms with Gasteiger partial charge in [-0.3, -0.25) is 4.21 Å². The predicted molar refractivity (Wildman–Crippen MR) is 82.9 cm³/mol. The van der Waals surface area contributed by atoms with E-state index >= 15 is 0 Å². The fraction of sp³-hybridized carbons (Fsp3) is 0.400. The molecule has 0 aliphatic carbocycles. The first-order chi connectivity index (χ1) is 9.04. The summed E-state index contributed by atoms with van der Waals surface area (Å²) in [6.45, 7) is 6.32. The van der Waals surface area contributed by atoms with E-state index in [1.807, 2.05) is 17.5 Å². The Kier molecular flexibility index (Phi) is 4.88. The number of aromatic nitrogens is 1. The second kappa shape index (κ2) is 6.44. The monoisotopic (exact) mass is 293 g/mol. The molecule has 0 bridgehead atoms. The summed E-state index contributed by atoms with van der Waals surface area (Å²) in [5.74, 6) is 1.61. The molecule has 0 aliphatic rings. The van der Waals surface area contributed by atoms with E-state index in [4.69, 9.17) is 0 Å². The molecule has 102 valence electrons. The normalized spacial score (nSPS) is 12.8. The minimum atomic E-state index is -0.884. The second-order valence-corrected chi connectivity index (χ2v) is 7.39. The molecule has 4 heteroatoms. The van der Waals surface area contributed by atoms with Crippen molar-refractivity contribution in [2.45, 2.75) is 38.2 Å². The van der Waals surface area contributed by atoms with Crippen molar-refractivity contribution in [1.29, 1.82) is 0 Å². The molecule has 0 fully saturated rings. The quantitative estimate of drug-likeness (QED) is 0.833. The molecule has 1 atom stereocenters. The minimum Gasteiger partial charge on any atom is -0.259 e. The lowest BCUT2D eigenvalue weighted by atomic mass is 10.2. The van der Waals surface area contributed by atoms with E-state index in [1.54, 1.807) is 11.3 Å². The number of nitrogens with zero attached hydrogens (tertiary/aromatic N) is 1. The van der Waals surface area contributed by atoms with Gasteiger partial charge in [-0.15, -0.1) is 11.3 Å². The average molecular weight is 293 g/mol. The number of aryl methyl sites for hydroxylation is 1. The van der Waals surface area contributed by atoms with Crippen LogP contribution in [-0.4, -0.2) is 9.19 Å². The van der Waals surface area contributed by atoms with Crippen LogP contribution >= 0.6 is 11.3 Å². The molecule has 0 radical (unpaired) electrons. The Morgan fingerprint density at radius 2 is 1.89 bits per heavy atom. The van der Waals surface area contributed by atoms with E-state index in [-0.39, 0.29) is 0 Å². The summed E-state index contributed by atoms with van der Waals surface area (Å²) < 4.78 is 12.1. The van der Waals surface area contributed by atoms with Crippen LogP contribution in [0.2, 0.25) is 0 Å². The average Bonchev–Trinajstić information content (AvgIpc) is 2.80. The van der Waals surface area contributed by atoms with Gasteiger partial charge in [0, 0.05) is 27.9 Å². The van der Waals surface area contributed by atoms with Gasteiger partial charge < -0.3 is 0 Å². The first kappa shape index (κ1) is 14.4. The summed E-state index contributed by atoms with van der Waals surface area (Å²) in [5.41, 5.74) is 3.32. The van der Waals surface area contributed by atoms with Gasteiger partial charge in [-0.05, 0) is 12.5 Å². The molecule has 1 heterocycles. The molecule has 0 saturated carbocycles. The van der Waals surface area contributed by atoms with E-state index in [2.05, 4.69) is 37.9 Å². The maximum Gasteiger partial charge on any atom is 0.0954 e. The number of rotatable bonds is 5. The maximum atomic E-state index is 12.1. The second-order valence-electron chi connectivity index (χ2n) is 5.05. The molecule has 0 aliphatic heterocycles. The smallest absolute Gasteiger partial charge is 0.0954 e. The number of hydrogen-bond acceptors (Lipinski definition) is 3. The van der Waals surface area contributed by atoms with Crippen LogP contribution < -0.4 is 0 Å². The van der Waals surface area contributed by atoms with Gasteiger partial charge in [-0.2, -0.15) is 0 Å². The first-order valence-corrected chi connectivity index (χ1v) is 8.76. The van der Waals surface area contributed by atoms with Crippen molar-refractivity contribution >= 4 is 22.1 Å². The summed E-state index contributed by atoms with van der Waals surface area (Å²) in [6.07, 6.45) is 0. The third kappa shape index (κ3) is 4.25. The SMILES string of the molecule is Cc1ccc(CS(=O)Cc2csc(C(C)C)n2)cc1. The van der Waals surface area contributed by atoms with Crippen molar-refractivity contribution in [3.8, 4) is 0 Å². The van der Waals surface area contributed by atoms with Gasteiger partial charge in [0.2, 0.25) is 0 Å². The lowest BCUT2D eigenvalue weighted by Crippen LogP contribution is -2.00. The van der Waals surface area contributed by atoms with E-state index in [0.29, 0.717) is 17.4 Å². The third-order valence-electron chi connectivity index (χ3n) is 2.82. The molecule has 0 spiro atoms. The molecule has 0 amide bonds. The van der Waals surface area contributed by atoms with Crippen LogP contribution in [0.25, 0.3) is 0 Å². The predicted octanol–water partition coefficient (Wildman–Crippen LogP) is 4.02. The molecule has 2 aromatic rings. The van der Waals surface area contributed by atoms with Crippen molar-refractivity contribution in [1.82, 2.24) is 4.98 Å². The molecule has 0 saturated heterocycles. The Morgan fingerprint density at radius 1 is 1.21 bits per heavy atom. The van der Waals surface area contributed by atoms with Crippen molar-refractivity contribution in [2.75, 3.05) is 0 Å². The molecule has 0 N–H and O–H groups in total. The number of hydrogen-bond donors (Lipinski definition) is 0. The van der Waals surface area contributed by atoms with E-state index in [1.165, 1.54) is 5.56 Å². The van der Waals surface area contributed by atoms with Gasteiger partial charge in [0.05, 0.1) is 16.5 Å². The molecule has 1 unspecified atom stereocenters. The van der Waals surface area contributed by atoms with Gasteiger partial charge >= 0.3 is 0 Å². The van der Waals surface area contributed by atoms with E-state index in [9.17, 15) is 4.21 Å². The zero-order valence-electron chi connectivity index (χ0n) is 11.6. The highest BCUT2D eigenvalue weighted by Gasteiger charge is 2.09. The van der Waals surface area contributed by atoms with Crippen molar-refractivity contribution < 1.29 is 4.21 Å². The molecule has 2 nitrogen and oxygen atoms in total. The van der Waals surface area contributed by atoms with E-state index < -0.39 is 10.8 Å². The lowest BCUT2D eigenvalue weighted by molar-refractivity contribution is 0.681.